The Kier molecular flexibility index (Phi) is 3.98. The molecule has 0 saturated heterocycles. The molecule has 1 N–H and O–H groups in total. The van der Waals surface area contributed by atoms with Gasteiger partial charge in [-0.25, -0.2) is 9.97 Å². The molecule has 112 valence electrons. The number of halogens is 1. The van der Waals surface area contributed by atoms with Crippen LogP contribution in [0.25, 0.3) is 10.9 Å². The van der Waals surface area contributed by atoms with Crippen molar-refractivity contribution in [2.75, 3.05) is 12.4 Å². The molecule has 5 heteroatoms. The lowest BCUT2D eigenvalue weighted by Crippen LogP contribution is -1.98. The van der Waals surface area contributed by atoms with Crippen molar-refractivity contribution in [3.05, 3.63) is 52.3 Å². The van der Waals surface area contributed by atoms with Crippen molar-refractivity contribution >= 4 is 38.3 Å². The Morgan fingerprint density at radius 2 is 1.91 bits per heavy atom. The molecule has 0 radical (unpaired) electrons. The molecule has 3 aromatic rings. The predicted octanol–water partition coefficient (Wildman–Crippen LogP) is 4.76. The molecule has 0 fully saturated rings. The van der Waals surface area contributed by atoms with Crippen LogP contribution in [0.1, 0.15) is 11.1 Å². The summed E-state index contributed by atoms with van der Waals surface area (Å²) in [6, 6.07) is 10.2. The number of anilines is 2. The van der Waals surface area contributed by atoms with Gasteiger partial charge in [0.2, 0.25) is 0 Å². The van der Waals surface area contributed by atoms with Gasteiger partial charge in [-0.3, -0.25) is 0 Å². The van der Waals surface area contributed by atoms with Gasteiger partial charge in [-0.05, 0) is 47.5 Å². The number of aryl methyl sites for hydroxylation is 2. The van der Waals surface area contributed by atoms with Gasteiger partial charge < -0.3 is 10.1 Å². The van der Waals surface area contributed by atoms with Crippen LogP contribution in [0.3, 0.4) is 0 Å². The maximum absolute atomic E-state index is 5.32. The van der Waals surface area contributed by atoms with Gasteiger partial charge in [-0.15, -0.1) is 0 Å². The first-order valence-electron chi connectivity index (χ1n) is 6.91. The summed E-state index contributed by atoms with van der Waals surface area (Å²) in [5.74, 6) is 1.53. The third-order valence-corrected chi connectivity index (χ3v) is 4.16. The fourth-order valence-corrected chi connectivity index (χ4v) is 2.90. The lowest BCUT2D eigenvalue weighted by Gasteiger charge is -2.12. The molecule has 1 heterocycles. The van der Waals surface area contributed by atoms with E-state index in [2.05, 4.69) is 63.3 Å². The fraction of sp³-hybridized carbons (Fsp3) is 0.176. The highest BCUT2D eigenvalue weighted by Gasteiger charge is 2.10. The van der Waals surface area contributed by atoms with E-state index in [1.807, 2.05) is 12.1 Å². The molecule has 4 nitrogen and oxygen atoms in total. The van der Waals surface area contributed by atoms with Crippen molar-refractivity contribution in [1.29, 1.82) is 0 Å². The third kappa shape index (κ3) is 2.76. The Morgan fingerprint density at radius 3 is 2.64 bits per heavy atom. The number of rotatable bonds is 3. The lowest BCUT2D eigenvalue weighted by atomic mass is 10.1. The SMILES string of the molecule is COc1cc2ncnc(Nc3ccc(C)cc3C)c2cc1Br. The van der Waals surface area contributed by atoms with Gasteiger partial charge in [0.25, 0.3) is 0 Å². The summed E-state index contributed by atoms with van der Waals surface area (Å²) < 4.78 is 6.19. The monoisotopic (exact) mass is 357 g/mol. The van der Waals surface area contributed by atoms with Crippen molar-refractivity contribution in [3.8, 4) is 5.75 Å². The number of aromatic nitrogens is 2. The largest absolute Gasteiger partial charge is 0.495 e. The van der Waals surface area contributed by atoms with Crippen LogP contribution in [0.2, 0.25) is 0 Å². The minimum atomic E-state index is 0.753. The van der Waals surface area contributed by atoms with E-state index >= 15 is 0 Å². The molecule has 0 aliphatic heterocycles. The van der Waals surface area contributed by atoms with E-state index in [4.69, 9.17) is 4.74 Å². The van der Waals surface area contributed by atoms with Crippen LogP contribution in [-0.2, 0) is 0 Å². The molecule has 0 aliphatic rings. The van der Waals surface area contributed by atoms with E-state index in [9.17, 15) is 0 Å². The second-order valence-electron chi connectivity index (χ2n) is 5.17. The van der Waals surface area contributed by atoms with Crippen LogP contribution in [0, 0.1) is 13.8 Å². The molecule has 0 aliphatic carbocycles. The van der Waals surface area contributed by atoms with Crippen molar-refractivity contribution in [2.24, 2.45) is 0 Å². The zero-order chi connectivity index (χ0) is 15.7. The summed E-state index contributed by atoms with van der Waals surface area (Å²) in [5.41, 5.74) is 4.29. The molecule has 22 heavy (non-hydrogen) atoms. The highest BCUT2D eigenvalue weighted by molar-refractivity contribution is 9.10. The predicted molar refractivity (Wildman–Crippen MR) is 93.0 cm³/mol. The number of fused-ring (bicyclic) bond motifs is 1. The van der Waals surface area contributed by atoms with E-state index in [-0.39, 0.29) is 0 Å². The van der Waals surface area contributed by atoms with Gasteiger partial charge in [0, 0.05) is 17.1 Å². The van der Waals surface area contributed by atoms with E-state index in [1.54, 1.807) is 13.4 Å². The Hall–Kier alpha value is -2.14. The van der Waals surface area contributed by atoms with Gasteiger partial charge in [0.1, 0.15) is 17.9 Å². The molecule has 0 bridgehead atoms. The van der Waals surface area contributed by atoms with E-state index in [0.717, 1.165) is 32.6 Å². The third-order valence-electron chi connectivity index (χ3n) is 3.54. The molecular formula is C17H16BrN3O. The Balaban J connectivity index is 2.09. The number of hydrogen-bond donors (Lipinski definition) is 1. The van der Waals surface area contributed by atoms with Crippen molar-refractivity contribution in [2.45, 2.75) is 13.8 Å². The molecular weight excluding hydrogens is 342 g/mol. The standard InChI is InChI=1S/C17H16BrN3O/c1-10-4-5-14(11(2)6-10)21-17-12-7-13(18)16(22-3)8-15(12)19-9-20-17/h4-9H,1-3H3,(H,19,20,21). The zero-order valence-corrected chi connectivity index (χ0v) is 14.2. The van der Waals surface area contributed by atoms with Gasteiger partial charge in [-0.2, -0.15) is 0 Å². The van der Waals surface area contributed by atoms with Crippen LogP contribution < -0.4 is 10.1 Å². The number of benzene rings is 2. The van der Waals surface area contributed by atoms with E-state index in [0.29, 0.717) is 0 Å². The smallest absolute Gasteiger partial charge is 0.141 e. The molecule has 3 rings (SSSR count). The van der Waals surface area contributed by atoms with Crippen molar-refractivity contribution in [1.82, 2.24) is 9.97 Å². The number of nitrogens with zero attached hydrogens (tertiary/aromatic N) is 2. The summed E-state index contributed by atoms with van der Waals surface area (Å²) in [4.78, 5) is 8.70. The number of nitrogens with one attached hydrogen (secondary N) is 1. The first-order valence-corrected chi connectivity index (χ1v) is 7.70. The average Bonchev–Trinajstić information content (AvgIpc) is 2.50. The van der Waals surface area contributed by atoms with Crippen LogP contribution in [0.4, 0.5) is 11.5 Å². The number of ether oxygens (including phenoxy) is 1. The summed E-state index contributed by atoms with van der Waals surface area (Å²) in [6.45, 7) is 4.16. The molecule has 0 amide bonds. The molecule has 2 aromatic carbocycles. The highest BCUT2D eigenvalue weighted by atomic mass is 79.9. The minimum Gasteiger partial charge on any atom is -0.495 e. The topological polar surface area (TPSA) is 47.0 Å². The fourth-order valence-electron chi connectivity index (χ4n) is 2.39. The summed E-state index contributed by atoms with van der Waals surface area (Å²) in [7, 11) is 1.64. The maximum atomic E-state index is 5.32. The Bertz CT molecular complexity index is 849. The Morgan fingerprint density at radius 1 is 1.09 bits per heavy atom. The molecule has 1 aromatic heterocycles. The summed E-state index contributed by atoms with van der Waals surface area (Å²) in [6.07, 6.45) is 1.56. The normalized spacial score (nSPS) is 10.7. The van der Waals surface area contributed by atoms with Crippen LogP contribution >= 0.6 is 15.9 Å². The minimum absolute atomic E-state index is 0.753. The number of methoxy groups -OCH3 is 1. The van der Waals surface area contributed by atoms with Crippen molar-refractivity contribution < 1.29 is 4.74 Å². The van der Waals surface area contributed by atoms with Gasteiger partial charge in [0.05, 0.1) is 17.1 Å². The first kappa shape index (κ1) is 14.8. The molecule has 0 atom stereocenters. The second kappa shape index (κ2) is 5.93. The Labute approximate surface area is 137 Å². The average molecular weight is 358 g/mol. The molecule has 0 unspecified atom stereocenters. The quantitative estimate of drug-likeness (QED) is 0.733. The molecule has 0 spiro atoms. The zero-order valence-electron chi connectivity index (χ0n) is 12.6. The summed E-state index contributed by atoms with van der Waals surface area (Å²) in [5, 5.41) is 4.33. The second-order valence-corrected chi connectivity index (χ2v) is 6.02. The van der Waals surface area contributed by atoms with E-state index < -0.39 is 0 Å². The van der Waals surface area contributed by atoms with Gasteiger partial charge in [-0.1, -0.05) is 17.7 Å². The lowest BCUT2D eigenvalue weighted by molar-refractivity contribution is 0.412. The summed E-state index contributed by atoms with van der Waals surface area (Å²) >= 11 is 3.51. The van der Waals surface area contributed by atoms with Crippen LogP contribution in [0.15, 0.2) is 41.1 Å². The maximum Gasteiger partial charge on any atom is 0.141 e. The van der Waals surface area contributed by atoms with Crippen LogP contribution in [-0.4, -0.2) is 17.1 Å². The van der Waals surface area contributed by atoms with E-state index in [1.165, 1.54) is 11.1 Å². The van der Waals surface area contributed by atoms with Gasteiger partial charge >= 0.3 is 0 Å². The van der Waals surface area contributed by atoms with Crippen molar-refractivity contribution in [3.63, 3.8) is 0 Å². The number of hydrogen-bond acceptors (Lipinski definition) is 4. The molecule has 0 saturated carbocycles. The first-order chi connectivity index (χ1) is 10.6. The van der Waals surface area contributed by atoms with Gasteiger partial charge in [0.15, 0.2) is 0 Å². The van der Waals surface area contributed by atoms with Crippen LogP contribution in [0.5, 0.6) is 5.75 Å². The highest BCUT2D eigenvalue weighted by Crippen LogP contribution is 2.33.